The van der Waals surface area contributed by atoms with E-state index >= 15 is 0 Å². The van der Waals surface area contributed by atoms with Crippen LogP contribution in [0.1, 0.15) is 0 Å². The molecule has 6 rings (SSSR count). The summed E-state index contributed by atoms with van der Waals surface area (Å²) >= 11 is 0. The van der Waals surface area contributed by atoms with Crippen molar-refractivity contribution in [2.75, 3.05) is 0 Å². The van der Waals surface area contributed by atoms with Crippen molar-refractivity contribution in [3.63, 3.8) is 0 Å². The number of hydrogen-bond donors (Lipinski definition) is 1. The fraction of sp³-hybridized carbons (Fsp3) is 0. The maximum absolute atomic E-state index is 9.28. The van der Waals surface area contributed by atoms with Crippen molar-refractivity contribution in [2.45, 2.75) is 0 Å². The summed E-state index contributed by atoms with van der Waals surface area (Å²) in [7, 11) is 0.0765. The Morgan fingerprint density at radius 3 is 2.04 bits per heavy atom. The average Bonchev–Trinajstić information content (AvgIpc) is 3.25. The molecule has 4 aromatic carbocycles. The fourth-order valence-electron chi connectivity index (χ4n) is 4.41. The van der Waals surface area contributed by atoms with E-state index in [-0.39, 0.29) is 7.48 Å². The van der Waals surface area contributed by atoms with E-state index in [4.69, 9.17) is 0 Å². The lowest BCUT2D eigenvalue weighted by Gasteiger charge is -2.04. The molecule has 27 heavy (non-hydrogen) atoms. The van der Waals surface area contributed by atoms with Gasteiger partial charge in [-0.25, -0.2) is 0 Å². The molecular weight excluding hydrogens is 329 g/mol. The van der Waals surface area contributed by atoms with Crippen LogP contribution in [0.5, 0.6) is 0 Å². The fourth-order valence-corrected chi connectivity index (χ4v) is 4.41. The van der Waals surface area contributed by atoms with Gasteiger partial charge in [0.1, 0.15) is 0 Å². The summed E-state index contributed by atoms with van der Waals surface area (Å²) in [6.07, 6.45) is 0. The lowest BCUT2D eigenvalue weighted by atomic mass is 9.87. The van der Waals surface area contributed by atoms with Crippen LogP contribution in [0.15, 0.2) is 84.9 Å². The number of rotatable bonds is 2. The minimum Gasteiger partial charge on any atom is -0.449 e. The molecule has 0 aliphatic heterocycles. The third-order valence-corrected chi connectivity index (χ3v) is 5.69. The molecule has 0 saturated carbocycles. The summed E-state index contributed by atoms with van der Waals surface area (Å²) in [4.78, 5) is 0. The van der Waals surface area contributed by atoms with E-state index in [1.165, 1.54) is 49.2 Å². The van der Waals surface area contributed by atoms with E-state index < -0.39 is 0 Å². The number of fused-ring (bicyclic) bond motifs is 6. The maximum Gasteiger partial charge on any atom is 0.304 e. The number of benzene rings is 4. The molecule has 0 amide bonds. The van der Waals surface area contributed by atoms with Gasteiger partial charge < -0.3 is 9.42 Å². The molecular formula is C24H16BNO. The summed E-state index contributed by atoms with van der Waals surface area (Å²) in [5.74, 6) is 0. The van der Waals surface area contributed by atoms with Crippen molar-refractivity contribution in [3.05, 3.63) is 84.9 Å². The van der Waals surface area contributed by atoms with Crippen LogP contribution < -0.4 is 5.46 Å². The molecule has 6 aromatic rings. The standard InChI is InChI=1S/C24H16BNO/c27-25-17-11-8-15(9-12-17)16-10-13-19-21-6-3-5-20-18-4-1-2-7-22(18)26(24(20)21)23(19)14-16/h1-14,25,27H. The van der Waals surface area contributed by atoms with Crippen LogP contribution in [0.2, 0.25) is 0 Å². The number of nitrogens with zero attached hydrogens (tertiary/aromatic N) is 1. The van der Waals surface area contributed by atoms with Crippen molar-refractivity contribution in [1.82, 2.24) is 4.40 Å². The molecule has 0 fully saturated rings. The molecule has 0 aliphatic rings. The van der Waals surface area contributed by atoms with Crippen LogP contribution in [0.4, 0.5) is 0 Å². The van der Waals surface area contributed by atoms with Crippen molar-refractivity contribution < 1.29 is 5.02 Å². The van der Waals surface area contributed by atoms with Gasteiger partial charge in [0.05, 0.1) is 16.6 Å². The molecule has 0 atom stereocenters. The molecule has 2 nitrogen and oxygen atoms in total. The first kappa shape index (κ1) is 14.8. The smallest absolute Gasteiger partial charge is 0.304 e. The molecule has 0 aliphatic carbocycles. The summed E-state index contributed by atoms with van der Waals surface area (Å²) < 4.78 is 2.40. The van der Waals surface area contributed by atoms with Gasteiger partial charge in [-0.05, 0) is 23.3 Å². The molecule has 0 spiro atoms. The van der Waals surface area contributed by atoms with Gasteiger partial charge in [-0.15, -0.1) is 0 Å². The van der Waals surface area contributed by atoms with Crippen molar-refractivity contribution in [1.29, 1.82) is 0 Å². The largest absolute Gasteiger partial charge is 0.449 e. The Balaban J connectivity index is 1.73. The van der Waals surface area contributed by atoms with Crippen LogP contribution in [0, 0.1) is 0 Å². The molecule has 0 unspecified atom stereocenters. The first-order valence-electron chi connectivity index (χ1n) is 9.22. The summed E-state index contributed by atoms with van der Waals surface area (Å²) in [5.41, 5.74) is 7.10. The zero-order valence-electron chi connectivity index (χ0n) is 14.7. The molecule has 2 heterocycles. The van der Waals surface area contributed by atoms with E-state index in [1.807, 2.05) is 12.1 Å². The molecule has 0 bridgehead atoms. The van der Waals surface area contributed by atoms with Gasteiger partial charge in [0.15, 0.2) is 0 Å². The predicted octanol–water partition coefficient (Wildman–Crippen LogP) is 4.47. The third kappa shape index (κ3) is 1.95. The highest BCUT2D eigenvalue weighted by Gasteiger charge is 2.16. The van der Waals surface area contributed by atoms with E-state index in [9.17, 15) is 5.02 Å². The van der Waals surface area contributed by atoms with Gasteiger partial charge in [-0.1, -0.05) is 78.3 Å². The van der Waals surface area contributed by atoms with Gasteiger partial charge >= 0.3 is 7.48 Å². The Morgan fingerprint density at radius 1 is 0.593 bits per heavy atom. The van der Waals surface area contributed by atoms with Gasteiger partial charge in [0, 0.05) is 21.5 Å². The van der Waals surface area contributed by atoms with E-state index in [2.05, 4.69) is 77.2 Å². The Bertz CT molecular complexity index is 1450. The highest BCUT2D eigenvalue weighted by molar-refractivity contribution is 6.45. The molecule has 2 aromatic heterocycles. The summed E-state index contributed by atoms with van der Waals surface area (Å²) in [6, 6.07) is 30.1. The summed E-state index contributed by atoms with van der Waals surface area (Å²) in [6.45, 7) is 0. The van der Waals surface area contributed by atoms with Crippen LogP contribution >= 0.6 is 0 Å². The minimum atomic E-state index is 0.0765. The SMILES string of the molecule is OBc1ccc(-c2ccc3c4cccc5c6ccccc6n(c3c2)c54)cc1. The quantitative estimate of drug-likeness (QED) is 0.460. The molecule has 126 valence electrons. The highest BCUT2D eigenvalue weighted by Crippen LogP contribution is 2.39. The van der Waals surface area contributed by atoms with Crippen LogP contribution in [0.3, 0.4) is 0 Å². The predicted molar refractivity (Wildman–Crippen MR) is 116 cm³/mol. The summed E-state index contributed by atoms with van der Waals surface area (Å²) in [5, 5.41) is 14.5. The van der Waals surface area contributed by atoms with Crippen LogP contribution in [-0.2, 0) is 0 Å². The normalized spacial score (nSPS) is 11.9. The molecule has 1 N–H and O–H groups in total. The zero-order chi connectivity index (χ0) is 18.0. The Hall–Kier alpha value is -3.30. The molecule has 0 radical (unpaired) electrons. The van der Waals surface area contributed by atoms with Crippen molar-refractivity contribution in [3.8, 4) is 11.1 Å². The Morgan fingerprint density at radius 2 is 1.26 bits per heavy atom. The van der Waals surface area contributed by atoms with Crippen molar-refractivity contribution in [2.24, 2.45) is 0 Å². The van der Waals surface area contributed by atoms with E-state index in [1.54, 1.807) is 0 Å². The van der Waals surface area contributed by atoms with Crippen LogP contribution in [0.25, 0.3) is 49.2 Å². The van der Waals surface area contributed by atoms with E-state index in [0.717, 1.165) is 5.46 Å². The topological polar surface area (TPSA) is 24.6 Å². The second-order valence-electron chi connectivity index (χ2n) is 7.14. The average molecular weight is 345 g/mol. The van der Waals surface area contributed by atoms with Gasteiger partial charge in [-0.2, -0.15) is 0 Å². The lowest BCUT2D eigenvalue weighted by Crippen LogP contribution is -2.11. The van der Waals surface area contributed by atoms with Crippen LogP contribution in [-0.4, -0.2) is 16.9 Å². The number of aromatic nitrogens is 1. The zero-order valence-corrected chi connectivity index (χ0v) is 14.7. The number of hydrogen-bond acceptors (Lipinski definition) is 1. The molecule has 3 heteroatoms. The third-order valence-electron chi connectivity index (χ3n) is 5.69. The Labute approximate surface area is 156 Å². The molecule has 0 saturated heterocycles. The Kier molecular flexibility index (Phi) is 2.94. The highest BCUT2D eigenvalue weighted by atomic mass is 16.2. The first-order valence-corrected chi connectivity index (χ1v) is 9.22. The van der Waals surface area contributed by atoms with Gasteiger partial charge in [0.2, 0.25) is 0 Å². The number of para-hydroxylation sites is 2. The second kappa shape index (κ2) is 5.35. The van der Waals surface area contributed by atoms with Crippen molar-refractivity contribution >= 4 is 51.0 Å². The van der Waals surface area contributed by atoms with E-state index in [0.29, 0.717) is 0 Å². The maximum atomic E-state index is 9.28. The minimum absolute atomic E-state index is 0.0765. The van der Waals surface area contributed by atoms with Gasteiger partial charge in [-0.3, -0.25) is 0 Å². The monoisotopic (exact) mass is 345 g/mol. The lowest BCUT2D eigenvalue weighted by molar-refractivity contribution is 0.615. The first-order chi connectivity index (χ1) is 13.3. The second-order valence-corrected chi connectivity index (χ2v) is 7.14. The van der Waals surface area contributed by atoms with Gasteiger partial charge in [0.25, 0.3) is 0 Å².